The molecule has 0 aliphatic heterocycles. The largest absolute Gasteiger partial charge is 0.454 e. The number of aromatic nitrogens is 2. The molecule has 3 aromatic carbocycles. The molecule has 0 spiro atoms. The van der Waals surface area contributed by atoms with Crippen LogP contribution in [0.2, 0.25) is 0 Å². The summed E-state index contributed by atoms with van der Waals surface area (Å²) in [5.41, 5.74) is 9.77. The highest BCUT2D eigenvalue weighted by Gasteiger charge is 2.25. The number of ether oxygens (including phenoxy) is 2. The Balaban J connectivity index is 1.38. The number of carbonyl (C=O) groups is 1. The van der Waals surface area contributed by atoms with E-state index in [1.165, 1.54) is 29.1 Å². The van der Waals surface area contributed by atoms with Crippen molar-refractivity contribution in [2.75, 3.05) is 5.73 Å². The first-order valence-corrected chi connectivity index (χ1v) is 11.9. The van der Waals surface area contributed by atoms with Crippen LogP contribution in [0.25, 0.3) is 11.8 Å². The van der Waals surface area contributed by atoms with Gasteiger partial charge in [0.05, 0.1) is 21.9 Å². The monoisotopic (exact) mass is 569 g/mol. The molecule has 1 aliphatic carbocycles. The lowest BCUT2D eigenvalue weighted by Crippen LogP contribution is -2.09. The van der Waals surface area contributed by atoms with Crippen LogP contribution in [0.5, 0.6) is 17.2 Å². The zero-order valence-electron chi connectivity index (χ0n) is 19.3. The minimum atomic E-state index is -2.96. The highest BCUT2D eigenvalue weighted by molar-refractivity contribution is 9.10. The van der Waals surface area contributed by atoms with Crippen molar-refractivity contribution in [1.29, 1.82) is 0 Å². The second-order valence-electron chi connectivity index (χ2n) is 8.37. The normalized spacial score (nSPS) is 12.4. The smallest absolute Gasteiger partial charge is 0.387 e. The number of para-hydroxylation sites is 1. The van der Waals surface area contributed by atoms with Crippen LogP contribution >= 0.6 is 15.9 Å². The van der Waals surface area contributed by atoms with Crippen molar-refractivity contribution < 1.29 is 27.4 Å². The highest BCUT2D eigenvalue weighted by Crippen LogP contribution is 2.37. The number of hydrogen-bond donors (Lipinski definition) is 1. The summed E-state index contributed by atoms with van der Waals surface area (Å²) in [6.07, 6.45) is 3.35. The number of nitrogen functional groups attached to an aromatic ring is 1. The van der Waals surface area contributed by atoms with E-state index in [0.29, 0.717) is 33.5 Å². The van der Waals surface area contributed by atoms with Crippen LogP contribution < -0.4 is 15.2 Å². The Bertz CT molecular complexity index is 1570. The van der Waals surface area contributed by atoms with Crippen LogP contribution in [0, 0.1) is 12.7 Å². The standard InChI is InChI=1S/C27H19BrF3N3O3/c1-14-8-18(36-23-5-3-2-4-21(23)29)6-7-22(14)34-26(32)19(13-33-34)25(35)17-9-15-11-20(28)24(37-27(30)31)12-16(15)10-17/h2-8,10-13,27H,9,32H2,1H3. The van der Waals surface area contributed by atoms with Gasteiger partial charge < -0.3 is 15.2 Å². The lowest BCUT2D eigenvalue weighted by molar-refractivity contribution is -0.0503. The Labute approximate surface area is 218 Å². The number of benzene rings is 3. The van der Waals surface area contributed by atoms with Gasteiger partial charge in [-0.25, -0.2) is 9.07 Å². The molecule has 10 heteroatoms. The van der Waals surface area contributed by atoms with Crippen molar-refractivity contribution in [3.8, 4) is 22.9 Å². The number of alkyl halides is 2. The third-order valence-corrected chi connectivity index (χ3v) is 6.54. The Morgan fingerprint density at radius 2 is 1.92 bits per heavy atom. The number of fused-ring (bicyclic) bond motifs is 1. The minimum Gasteiger partial charge on any atom is -0.454 e. The van der Waals surface area contributed by atoms with Gasteiger partial charge in [-0.15, -0.1) is 0 Å². The number of aryl methyl sites for hydroxylation is 1. The first-order chi connectivity index (χ1) is 17.7. The Morgan fingerprint density at radius 1 is 1.14 bits per heavy atom. The van der Waals surface area contributed by atoms with Crippen molar-refractivity contribution in [3.05, 3.63) is 98.9 Å². The van der Waals surface area contributed by atoms with E-state index in [-0.39, 0.29) is 28.7 Å². The van der Waals surface area contributed by atoms with Crippen molar-refractivity contribution in [1.82, 2.24) is 9.78 Å². The fraction of sp³-hybridized carbons (Fsp3) is 0.111. The predicted octanol–water partition coefficient (Wildman–Crippen LogP) is 6.88. The zero-order valence-corrected chi connectivity index (χ0v) is 20.9. The van der Waals surface area contributed by atoms with Gasteiger partial charge in [-0.2, -0.15) is 13.9 Å². The molecule has 1 heterocycles. The van der Waals surface area contributed by atoms with Crippen LogP contribution in [0.1, 0.15) is 27.0 Å². The van der Waals surface area contributed by atoms with Gasteiger partial charge in [-0.05, 0) is 88.1 Å². The number of halogens is 4. The molecule has 0 bridgehead atoms. The van der Waals surface area contributed by atoms with E-state index in [1.807, 2.05) is 6.92 Å². The first-order valence-electron chi connectivity index (χ1n) is 11.1. The molecule has 0 fully saturated rings. The molecule has 0 amide bonds. The van der Waals surface area contributed by atoms with Gasteiger partial charge in [-0.3, -0.25) is 4.79 Å². The third kappa shape index (κ3) is 4.84. The summed E-state index contributed by atoms with van der Waals surface area (Å²) in [6, 6.07) is 14.3. The molecule has 0 radical (unpaired) electrons. The molecule has 2 N–H and O–H groups in total. The summed E-state index contributed by atoms with van der Waals surface area (Å²) in [4.78, 5) is 13.3. The number of rotatable bonds is 7. The quantitative estimate of drug-likeness (QED) is 0.245. The van der Waals surface area contributed by atoms with Crippen LogP contribution in [0.3, 0.4) is 0 Å². The Kier molecular flexibility index (Phi) is 6.51. The summed E-state index contributed by atoms with van der Waals surface area (Å²) in [7, 11) is 0. The van der Waals surface area contributed by atoms with Gasteiger partial charge in [0, 0.05) is 12.0 Å². The summed E-state index contributed by atoms with van der Waals surface area (Å²) in [6.45, 7) is -1.14. The van der Waals surface area contributed by atoms with E-state index in [4.69, 9.17) is 10.5 Å². The van der Waals surface area contributed by atoms with Gasteiger partial charge in [-0.1, -0.05) is 12.1 Å². The van der Waals surface area contributed by atoms with Crippen LogP contribution in [0.4, 0.5) is 19.0 Å². The molecular formula is C27H19BrF3N3O3. The number of nitrogens with zero attached hydrogens (tertiary/aromatic N) is 2. The molecule has 5 rings (SSSR count). The third-order valence-electron chi connectivity index (χ3n) is 5.92. The average Bonchev–Trinajstić information content (AvgIpc) is 3.43. The average molecular weight is 570 g/mol. The lowest BCUT2D eigenvalue weighted by Gasteiger charge is -2.12. The fourth-order valence-electron chi connectivity index (χ4n) is 4.16. The van der Waals surface area contributed by atoms with Crippen molar-refractivity contribution in [3.63, 3.8) is 0 Å². The number of nitrogens with two attached hydrogens (primary N) is 1. The molecule has 0 saturated heterocycles. The molecule has 6 nitrogen and oxygen atoms in total. The number of anilines is 1. The number of Topliss-reactive ketones (excluding diaryl/α,β-unsaturated/α-hetero) is 1. The van der Waals surface area contributed by atoms with Gasteiger partial charge in [0.15, 0.2) is 17.3 Å². The van der Waals surface area contributed by atoms with E-state index >= 15 is 0 Å². The van der Waals surface area contributed by atoms with Crippen LogP contribution in [-0.2, 0) is 6.42 Å². The molecular weight excluding hydrogens is 551 g/mol. The number of allylic oxidation sites excluding steroid dienone is 1. The zero-order chi connectivity index (χ0) is 26.3. The second kappa shape index (κ2) is 9.78. The maximum atomic E-state index is 13.9. The molecule has 1 aromatic heterocycles. The van der Waals surface area contributed by atoms with E-state index in [2.05, 4.69) is 25.8 Å². The number of hydrogen-bond acceptors (Lipinski definition) is 5. The number of carbonyl (C=O) groups excluding carboxylic acids is 1. The van der Waals surface area contributed by atoms with Gasteiger partial charge in [0.2, 0.25) is 0 Å². The van der Waals surface area contributed by atoms with Crippen LogP contribution in [0.15, 0.2) is 70.8 Å². The van der Waals surface area contributed by atoms with E-state index in [1.54, 1.807) is 42.5 Å². The second-order valence-corrected chi connectivity index (χ2v) is 9.23. The topological polar surface area (TPSA) is 79.4 Å². The SMILES string of the molecule is Cc1cc(Oc2ccccc2F)ccc1-n1ncc(C(=O)C2=Cc3cc(OC(F)F)c(Br)cc3C2)c1N. The van der Waals surface area contributed by atoms with Gasteiger partial charge in [0.1, 0.15) is 17.3 Å². The summed E-state index contributed by atoms with van der Waals surface area (Å²) in [5.74, 6) is -0.114. The van der Waals surface area contributed by atoms with Gasteiger partial charge >= 0.3 is 6.61 Å². The summed E-state index contributed by atoms with van der Waals surface area (Å²) < 4.78 is 51.3. The Morgan fingerprint density at radius 3 is 2.65 bits per heavy atom. The van der Waals surface area contributed by atoms with Crippen molar-refractivity contribution in [2.24, 2.45) is 0 Å². The molecule has 0 atom stereocenters. The molecule has 188 valence electrons. The minimum absolute atomic E-state index is 0.0102. The molecule has 0 unspecified atom stereocenters. The summed E-state index contributed by atoms with van der Waals surface area (Å²) >= 11 is 3.23. The molecule has 4 aromatic rings. The van der Waals surface area contributed by atoms with Crippen molar-refractivity contribution in [2.45, 2.75) is 20.0 Å². The maximum Gasteiger partial charge on any atom is 0.387 e. The van der Waals surface area contributed by atoms with E-state index in [9.17, 15) is 18.0 Å². The fourth-order valence-corrected chi connectivity index (χ4v) is 4.64. The van der Waals surface area contributed by atoms with Crippen molar-refractivity contribution >= 4 is 33.6 Å². The molecule has 0 saturated carbocycles. The Hall–Kier alpha value is -4.05. The predicted molar refractivity (Wildman–Crippen MR) is 136 cm³/mol. The number of ketones is 1. The molecule has 37 heavy (non-hydrogen) atoms. The highest BCUT2D eigenvalue weighted by atomic mass is 79.9. The molecule has 1 aliphatic rings. The van der Waals surface area contributed by atoms with E-state index in [0.717, 1.165) is 11.1 Å². The van der Waals surface area contributed by atoms with Gasteiger partial charge in [0.25, 0.3) is 0 Å². The summed E-state index contributed by atoms with van der Waals surface area (Å²) in [5, 5.41) is 4.31. The maximum absolute atomic E-state index is 13.9. The first kappa shape index (κ1) is 24.6. The van der Waals surface area contributed by atoms with E-state index < -0.39 is 12.4 Å². The lowest BCUT2D eigenvalue weighted by atomic mass is 10.0. The van der Waals surface area contributed by atoms with Crippen LogP contribution in [-0.4, -0.2) is 22.2 Å².